The normalized spacial score (nSPS) is 15.6. The van der Waals surface area contributed by atoms with Crippen LogP contribution in [0.2, 0.25) is 0 Å². The van der Waals surface area contributed by atoms with Crippen LogP contribution in [0.15, 0.2) is 194 Å². The van der Waals surface area contributed by atoms with Crippen molar-refractivity contribution >= 4 is 54.5 Å². The van der Waals surface area contributed by atoms with Gasteiger partial charge in [0.25, 0.3) is 0 Å². The van der Waals surface area contributed by atoms with Crippen LogP contribution in [0.3, 0.4) is 0 Å². The first-order chi connectivity index (χ1) is 26.2. The molecular formula is C51H38N2. The maximum Gasteiger partial charge on any atom is 0.0716 e. The molecule has 2 N–H and O–H groups in total. The molecule has 0 saturated carbocycles. The average Bonchev–Trinajstić information content (AvgIpc) is 3.50. The molecule has 2 nitrogen and oxygen atoms in total. The van der Waals surface area contributed by atoms with E-state index in [1.807, 2.05) is 0 Å². The number of hydrogen-bond donors (Lipinski definition) is 1. The number of para-hydroxylation sites is 1. The van der Waals surface area contributed by atoms with Gasteiger partial charge in [-0.1, -0.05) is 164 Å². The Hall–Kier alpha value is -6.48. The van der Waals surface area contributed by atoms with Crippen LogP contribution >= 0.6 is 0 Å². The smallest absolute Gasteiger partial charge is 0.0716 e. The van der Waals surface area contributed by atoms with E-state index in [0.717, 1.165) is 17.8 Å². The molecule has 2 unspecified atom stereocenters. The highest BCUT2D eigenvalue weighted by Gasteiger charge is 2.35. The summed E-state index contributed by atoms with van der Waals surface area (Å²) in [5.41, 5.74) is 16.8. The standard InChI is InChI=1S/C51H38N2/c52-51-45-22-10-11-23-47(45)53(48(51)24-12-15-34-13-2-1-3-14-34)41-29-30-44-46(33-41)50(40-28-26-36-17-5-7-19-38(36)32-40)43-21-9-8-20-42(43)49(44)39-27-25-35-16-4-6-18-37(35)31-39/h1-14,16-33,48,51H,15,52H2/b24-12-. The minimum Gasteiger partial charge on any atom is -0.332 e. The number of allylic oxidation sites excluding steroid dienone is 1. The van der Waals surface area contributed by atoms with Gasteiger partial charge in [-0.15, -0.1) is 0 Å². The van der Waals surface area contributed by atoms with E-state index in [0.29, 0.717) is 0 Å². The Labute approximate surface area is 310 Å². The average molecular weight is 679 g/mol. The van der Waals surface area contributed by atoms with Crippen LogP contribution in [0.4, 0.5) is 11.4 Å². The number of benzene rings is 9. The first kappa shape index (κ1) is 31.3. The highest BCUT2D eigenvalue weighted by Crippen LogP contribution is 2.49. The van der Waals surface area contributed by atoms with Gasteiger partial charge in [-0.3, -0.25) is 0 Å². The van der Waals surface area contributed by atoms with Crippen molar-refractivity contribution in [1.82, 2.24) is 0 Å². The van der Waals surface area contributed by atoms with Crippen LogP contribution < -0.4 is 10.6 Å². The molecule has 10 rings (SSSR count). The predicted octanol–water partition coefficient (Wildman–Crippen LogP) is 13.0. The zero-order valence-electron chi connectivity index (χ0n) is 29.4. The Bertz CT molecular complexity index is 2850. The number of nitrogens with zero attached hydrogens (tertiary/aromatic N) is 1. The summed E-state index contributed by atoms with van der Waals surface area (Å²) in [5, 5.41) is 9.92. The molecule has 0 spiro atoms. The molecule has 0 saturated heterocycles. The van der Waals surface area contributed by atoms with E-state index in [1.165, 1.54) is 76.5 Å². The summed E-state index contributed by atoms with van der Waals surface area (Å²) in [6.45, 7) is 0. The lowest BCUT2D eigenvalue weighted by Crippen LogP contribution is -2.32. The van der Waals surface area contributed by atoms with Gasteiger partial charge in [-0.05, 0) is 113 Å². The summed E-state index contributed by atoms with van der Waals surface area (Å²) in [4.78, 5) is 2.45. The molecule has 1 aliphatic heterocycles. The molecule has 9 aromatic carbocycles. The Morgan fingerprint density at radius 2 is 1.02 bits per heavy atom. The fraction of sp³-hybridized carbons (Fsp3) is 0.0588. The summed E-state index contributed by atoms with van der Waals surface area (Å²) < 4.78 is 0. The molecular weight excluding hydrogens is 641 g/mol. The third kappa shape index (κ3) is 5.39. The van der Waals surface area contributed by atoms with Gasteiger partial charge in [0.05, 0.1) is 12.1 Å². The zero-order valence-corrected chi connectivity index (χ0v) is 29.4. The monoisotopic (exact) mass is 678 g/mol. The number of hydrogen-bond acceptors (Lipinski definition) is 2. The molecule has 0 fully saturated rings. The summed E-state index contributed by atoms with van der Waals surface area (Å²) in [5.74, 6) is 0. The fourth-order valence-corrected chi connectivity index (χ4v) is 8.60. The molecule has 53 heavy (non-hydrogen) atoms. The Kier molecular flexibility index (Phi) is 7.63. The first-order valence-corrected chi connectivity index (χ1v) is 18.5. The molecule has 2 heteroatoms. The molecule has 0 radical (unpaired) electrons. The van der Waals surface area contributed by atoms with Gasteiger partial charge in [-0.2, -0.15) is 0 Å². The Balaban J connectivity index is 1.23. The molecule has 2 atom stereocenters. The molecule has 1 heterocycles. The quantitative estimate of drug-likeness (QED) is 0.140. The second kappa shape index (κ2) is 12.9. The minimum absolute atomic E-state index is 0.0295. The van der Waals surface area contributed by atoms with E-state index in [-0.39, 0.29) is 12.1 Å². The summed E-state index contributed by atoms with van der Waals surface area (Å²) in [6, 6.07) is 66.2. The molecule has 1 aliphatic rings. The summed E-state index contributed by atoms with van der Waals surface area (Å²) in [7, 11) is 0. The van der Waals surface area contributed by atoms with Crippen molar-refractivity contribution < 1.29 is 0 Å². The largest absolute Gasteiger partial charge is 0.332 e. The van der Waals surface area contributed by atoms with E-state index in [9.17, 15) is 0 Å². The van der Waals surface area contributed by atoms with Crippen molar-refractivity contribution in [1.29, 1.82) is 0 Å². The second-order valence-electron chi connectivity index (χ2n) is 14.2. The van der Waals surface area contributed by atoms with Crippen LogP contribution in [0, 0.1) is 0 Å². The van der Waals surface area contributed by atoms with Crippen molar-refractivity contribution in [2.45, 2.75) is 18.5 Å². The molecule has 252 valence electrons. The summed E-state index contributed by atoms with van der Waals surface area (Å²) in [6.07, 6.45) is 5.46. The minimum atomic E-state index is -0.154. The van der Waals surface area contributed by atoms with E-state index in [4.69, 9.17) is 5.73 Å². The SMILES string of the molecule is NC1c2ccccc2N(c2ccc3c(-c4ccc5ccccc5c4)c4ccccc4c(-c4ccc5ccccc5c4)c3c2)C1/C=C\Cc1ccccc1. The van der Waals surface area contributed by atoms with Crippen molar-refractivity contribution in [2.75, 3.05) is 4.90 Å². The molecule has 0 aromatic heterocycles. The van der Waals surface area contributed by atoms with Crippen LogP contribution in [-0.2, 0) is 6.42 Å². The molecule has 0 amide bonds. The van der Waals surface area contributed by atoms with Crippen LogP contribution in [0.5, 0.6) is 0 Å². The van der Waals surface area contributed by atoms with E-state index < -0.39 is 0 Å². The van der Waals surface area contributed by atoms with Gasteiger partial charge < -0.3 is 10.6 Å². The van der Waals surface area contributed by atoms with E-state index in [2.05, 4.69) is 199 Å². The van der Waals surface area contributed by atoms with Crippen molar-refractivity contribution in [3.8, 4) is 22.3 Å². The number of anilines is 2. The Morgan fingerprint density at radius 1 is 0.472 bits per heavy atom. The lowest BCUT2D eigenvalue weighted by atomic mass is 9.85. The maximum absolute atomic E-state index is 7.11. The van der Waals surface area contributed by atoms with Gasteiger partial charge in [0, 0.05) is 11.4 Å². The maximum atomic E-state index is 7.11. The van der Waals surface area contributed by atoms with Crippen LogP contribution in [-0.4, -0.2) is 6.04 Å². The Morgan fingerprint density at radius 3 is 1.70 bits per heavy atom. The van der Waals surface area contributed by atoms with Gasteiger partial charge in [0.2, 0.25) is 0 Å². The highest BCUT2D eigenvalue weighted by atomic mass is 15.2. The topological polar surface area (TPSA) is 29.3 Å². The lowest BCUT2D eigenvalue weighted by Gasteiger charge is -2.28. The molecule has 0 bridgehead atoms. The van der Waals surface area contributed by atoms with Crippen LogP contribution in [0.25, 0.3) is 65.3 Å². The molecule has 0 aliphatic carbocycles. The van der Waals surface area contributed by atoms with Crippen molar-refractivity contribution in [3.63, 3.8) is 0 Å². The van der Waals surface area contributed by atoms with Crippen molar-refractivity contribution in [3.05, 3.63) is 205 Å². The zero-order chi connectivity index (χ0) is 35.3. The number of nitrogens with two attached hydrogens (primary N) is 1. The number of rotatable bonds is 6. The third-order valence-corrected chi connectivity index (χ3v) is 11.1. The first-order valence-electron chi connectivity index (χ1n) is 18.5. The van der Waals surface area contributed by atoms with Gasteiger partial charge in [0.1, 0.15) is 0 Å². The van der Waals surface area contributed by atoms with Gasteiger partial charge >= 0.3 is 0 Å². The third-order valence-electron chi connectivity index (χ3n) is 11.1. The highest BCUT2D eigenvalue weighted by molar-refractivity contribution is 6.22. The fourth-order valence-electron chi connectivity index (χ4n) is 8.60. The van der Waals surface area contributed by atoms with E-state index in [1.54, 1.807) is 0 Å². The van der Waals surface area contributed by atoms with E-state index >= 15 is 0 Å². The predicted molar refractivity (Wildman–Crippen MR) is 226 cm³/mol. The van der Waals surface area contributed by atoms with Gasteiger partial charge in [-0.25, -0.2) is 0 Å². The second-order valence-corrected chi connectivity index (χ2v) is 14.2. The van der Waals surface area contributed by atoms with Crippen LogP contribution in [0.1, 0.15) is 17.2 Å². The number of fused-ring (bicyclic) bond motifs is 5. The van der Waals surface area contributed by atoms with Gasteiger partial charge in [0.15, 0.2) is 0 Å². The lowest BCUT2D eigenvalue weighted by molar-refractivity contribution is 0.667. The van der Waals surface area contributed by atoms with Crippen molar-refractivity contribution in [2.24, 2.45) is 5.73 Å². The summed E-state index contributed by atoms with van der Waals surface area (Å²) >= 11 is 0. The molecule has 9 aromatic rings.